The molecular weight excluding hydrogens is 419 g/mol. The highest BCUT2D eigenvalue weighted by atomic mass is 35.5. The predicted octanol–water partition coefficient (Wildman–Crippen LogP) is 3.45. The van der Waals surface area contributed by atoms with E-state index in [1.807, 2.05) is 18.3 Å². The second kappa shape index (κ2) is 14.4. The van der Waals surface area contributed by atoms with Gasteiger partial charge in [0, 0.05) is 38.3 Å². The van der Waals surface area contributed by atoms with Gasteiger partial charge in [-0.25, -0.2) is 0 Å². The molecule has 0 aliphatic carbocycles. The van der Waals surface area contributed by atoms with Crippen molar-refractivity contribution in [1.29, 1.82) is 0 Å². The van der Waals surface area contributed by atoms with Crippen LogP contribution in [0.3, 0.4) is 0 Å². The van der Waals surface area contributed by atoms with E-state index in [4.69, 9.17) is 0 Å². The van der Waals surface area contributed by atoms with Crippen LogP contribution >= 0.6 is 37.2 Å². The maximum atomic E-state index is 12.4. The zero-order valence-electron chi connectivity index (χ0n) is 16.6. The molecule has 5 nitrogen and oxygen atoms in total. The number of rotatable bonds is 6. The Morgan fingerprint density at radius 3 is 2.46 bits per heavy atom. The fourth-order valence-electron chi connectivity index (χ4n) is 4.12. The van der Waals surface area contributed by atoms with Crippen LogP contribution < -0.4 is 10.6 Å². The van der Waals surface area contributed by atoms with Crippen molar-refractivity contribution < 1.29 is 4.79 Å². The predicted molar refractivity (Wildman–Crippen MR) is 122 cm³/mol. The first-order chi connectivity index (χ1) is 12.2. The third-order valence-corrected chi connectivity index (χ3v) is 5.76. The molecule has 2 aliphatic rings. The molecule has 1 aromatic rings. The number of carbonyl (C=O) groups is 1. The lowest BCUT2D eigenvalue weighted by Crippen LogP contribution is -2.45. The SMILES string of the molecule is CC(CC(=O)NC1CCN(Cc2ccccn2)CC1)C1CCNCC1.Cl.Cl.Cl. The van der Waals surface area contributed by atoms with Gasteiger partial charge in [0.1, 0.15) is 0 Å². The quantitative estimate of drug-likeness (QED) is 0.692. The van der Waals surface area contributed by atoms with E-state index < -0.39 is 0 Å². The Kier molecular flexibility index (Phi) is 14.1. The molecule has 1 unspecified atom stereocenters. The molecule has 0 spiro atoms. The number of pyridine rings is 1. The molecule has 0 aromatic carbocycles. The molecule has 3 heterocycles. The van der Waals surface area contributed by atoms with E-state index >= 15 is 0 Å². The molecule has 0 radical (unpaired) electrons. The Balaban J connectivity index is 0.00000243. The molecule has 162 valence electrons. The summed E-state index contributed by atoms with van der Waals surface area (Å²) in [6.45, 7) is 7.42. The molecule has 2 N–H and O–H groups in total. The van der Waals surface area contributed by atoms with Crippen LogP contribution in [-0.4, -0.2) is 48.0 Å². The second-order valence-electron chi connectivity index (χ2n) is 7.71. The summed E-state index contributed by atoms with van der Waals surface area (Å²) >= 11 is 0. The van der Waals surface area contributed by atoms with E-state index in [-0.39, 0.29) is 43.1 Å². The smallest absolute Gasteiger partial charge is 0.220 e. The topological polar surface area (TPSA) is 57.3 Å². The van der Waals surface area contributed by atoms with Gasteiger partial charge in [-0.15, -0.1) is 37.2 Å². The van der Waals surface area contributed by atoms with Crippen molar-refractivity contribution in [3.63, 3.8) is 0 Å². The standard InChI is InChI=1S/C20H32N4O.3ClH/c1-16(17-5-10-21-11-6-17)14-20(25)23-18-7-12-24(13-8-18)15-19-4-2-3-9-22-19;;;/h2-4,9,16-18,21H,5-8,10-15H2,1H3,(H,23,25);3*1H. The van der Waals surface area contributed by atoms with Crippen LogP contribution in [0.2, 0.25) is 0 Å². The van der Waals surface area contributed by atoms with Gasteiger partial charge in [-0.2, -0.15) is 0 Å². The minimum atomic E-state index is 0. The van der Waals surface area contributed by atoms with Crippen molar-refractivity contribution in [3.05, 3.63) is 30.1 Å². The molecule has 3 rings (SSSR count). The lowest BCUT2D eigenvalue weighted by Gasteiger charge is -2.33. The third kappa shape index (κ3) is 8.83. The number of hydrogen-bond acceptors (Lipinski definition) is 4. The maximum Gasteiger partial charge on any atom is 0.220 e. The van der Waals surface area contributed by atoms with Gasteiger partial charge in [0.2, 0.25) is 5.91 Å². The van der Waals surface area contributed by atoms with Crippen LogP contribution in [0.5, 0.6) is 0 Å². The molecule has 8 heteroatoms. The first-order valence-corrected chi connectivity index (χ1v) is 9.83. The summed E-state index contributed by atoms with van der Waals surface area (Å²) in [6.07, 6.45) is 7.03. The number of nitrogens with one attached hydrogen (secondary N) is 2. The van der Waals surface area contributed by atoms with Gasteiger partial charge >= 0.3 is 0 Å². The maximum absolute atomic E-state index is 12.4. The van der Waals surface area contributed by atoms with Crippen molar-refractivity contribution in [2.45, 2.75) is 51.6 Å². The van der Waals surface area contributed by atoms with Gasteiger partial charge in [-0.1, -0.05) is 13.0 Å². The van der Waals surface area contributed by atoms with Gasteiger partial charge in [-0.3, -0.25) is 14.7 Å². The van der Waals surface area contributed by atoms with Crippen molar-refractivity contribution in [3.8, 4) is 0 Å². The number of carbonyl (C=O) groups excluding carboxylic acids is 1. The fourth-order valence-corrected chi connectivity index (χ4v) is 4.12. The van der Waals surface area contributed by atoms with E-state index in [1.54, 1.807) is 0 Å². The average Bonchev–Trinajstić information content (AvgIpc) is 2.65. The lowest BCUT2D eigenvalue weighted by molar-refractivity contribution is -0.123. The molecule has 0 saturated carbocycles. The van der Waals surface area contributed by atoms with Gasteiger partial charge in [-0.05, 0) is 62.7 Å². The lowest BCUT2D eigenvalue weighted by atomic mass is 9.84. The van der Waals surface area contributed by atoms with E-state index in [0.29, 0.717) is 24.3 Å². The van der Waals surface area contributed by atoms with Gasteiger partial charge < -0.3 is 10.6 Å². The first-order valence-electron chi connectivity index (χ1n) is 9.83. The molecule has 1 atom stereocenters. The van der Waals surface area contributed by atoms with E-state index in [9.17, 15) is 4.79 Å². The molecule has 0 bridgehead atoms. The summed E-state index contributed by atoms with van der Waals surface area (Å²) in [5, 5.41) is 6.68. The summed E-state index contributed by atoms with van der Waals surface area (Å²) in [4.78, 5) is 19.2. The number of halogens is 3. The van der Waals surface area contributed by atoms with E-state index in [1.165, 1.54) is 12.8 Å². The van der Waals surface area contributed by atoms with Crippen molar-refractivity contribution >= 4 is 43.1 Å². The minimum absolute atomic E-state index is 0. The Morgan fingerprint density at radius 2 is 1.86 bits per heavy atom. The highest BCUT2D eigenvalue weighted by molar-refractivity contribution is 5.86. The molecular formula is C20H35Cl3N4O. The number of nitrogens with zero attached hydrogens (tertiary/aromatic N) is 2. The van der Waals surface area contributed by atoms with Crippen LogP contribution in [0.4, 0.5) is 0 Å². The Labute approximate surface area is 188 Å². The van der Waals surface area contributed by atoms with Gasteiger partial charge in [0.05, 0.1) is 5.69 Å². The molecule has 28 heavy (non-hydrogen) atoms. The van der Waals surface area contributed by atoms with Gasteiger partial charge in [0.15, 0.2) is 0 Å². The number of hydrogen-bond donors (Lipinski definition) is 2. The largest absolute Gasteiger partial charge is 0.353 e. The van der Waals surface area contributed by atoms with Crippen LogP contribution in [0, 0.1) is 11.8 Å². The summed E-state index contributed by atoms with van der Waals surface area (Å²) in [7, 11) is 0. The first kappa shape index (κ1) is 27.4. The number of piperidine rings is 2. The van der Waals surface area contributed by atoms with Crippen molar-refractivity contribution in [2.75, 3.05) is 26.2 Å². The molecule has 2 saturated heterocycles. The van der Waals surface area contributed by atoms with E-state index in [2.05, 4.69) is 33.5 Å². The number of aromatic nitrogens is 1. The summed E-state index contributed by atoms with van der Waals surface area (Å²) in [6, 6.07) is 6.41. The molecule has 2 fully saturated rings. The van der Waals surface area contributed by atoms with Crippen LogP contribution in [0.15, 0.2) is 24.4 Å². The van der Waals surface area contributed by atoms with Crippen LogP contribution in [-0.2, 0) is 11.3 Å². The molecule has 1 aromatic heterocycles. The Morgan fingerprint density at radius 1 is 1.18 bits per heavy atom. The van der Waals surface area contributed by atoms with Crippen LogP contribution in [0.25, 0.3) is 0 Å². The monoisotopic (exact) mass is 452 g/mol. The Hall–Kier alpha value is -0.590. The Bertz CT molecular complexity index is 536. The summed E-state index contributed by atoms with van der Waals surface area (Å²) < 4.78 is 0. The second-order valence-corrected chi connectivity index (χ2v) is 7.71. The van der Waals surface area contributed by atoms with Gasteiger partial charge in [0.25, 0.3) is 0 Å². The van der Waals surface area contributed by atoms with Crippen molar-refractivity contribution in [2.24, 2.45) is 11.8 Å². The fraction of sp³-hybridized carbons (Fsp3) is 0.700. The zero-order chi connectivity index (χ0) is 17.5. The van der Waals surface area contributed by atoms with E-state index in [0.717, 1.165) is 51.3 Å². The zero-order valence-corrected chi connectivity index (χ0v) is 19.1. The highest BCUT2D eigenvalue weighted by Gasteiger charge is 2.25. The van der Waals surface area contributed by atoms with Crippen LogP contribution in [0.1, 0.15) is 44.7 Å². The summed E-state index contributed by atoms with van der Waals surface area (Å²) in [5.74, 6) is 1.44. The minimum Gasteiger partial charge on any atom is -0.353 e. The number of likely N-dealkylation sites (tertiary alicyclic amines) is 1. The normalized spacial score (nSPS) is 19.5. The molecule has 2 aliphatic heterocycles. The third-order valence-electron chi connectivity index (χ3n) is 5.76. The summed E-state index contributed by atoms with van der Waals surface area (Å²) in [5.41, 5.74) is 1.13. The number of amides is 1. The van der Waals surface area contributed by atoms with Crippen molar-refractivity contribution in [1.82, 2.24) is 20.5 Å². The highest BCUT2D eigenvalue weighted by Crippen LogP contribution is 2.24. The molecule has 1 amide bonds. The average molecular weight is 454 g/mol.